The Labute approximate surface area is 171 Å². The molecule has 29 heavy (non-hydrogen) atoms. The van der Waals surface area contributed by atoms with Crippen LogP contribution in [0, 0.1) is 5.92 Å². The third-order valence-electron chi connectivity index (χ3n) is 5.50. The molecular formula is C23H27N5O. The van der Waals surface area contributed by atoms with E-state index in [9.17, 15) is 0 Å². The first-order chi connectivity index (χ1) is 14.2. The number of benzene rings is 2. The third kappa shape index (κ3) is 4.59. The van der Waals surface area contributed by atoms with Crippen LogP contribution >= 0.6 is 0 Å². The molecule has 1 aliphatic rings. The topological polar surface area (TPSA) is 76.3 Å². The highest BCUT2D eigenvalue weighted by molar-refractivity contribution is 5.78. The van der Waals surface area contributed by atoms with Crippen LogP contribution in [0.4, 0.5) is 23.0 Å². The van der Waals surface area contributed by atoms with E-state index in [0.717, 1.165) is 49.6 Å². The number of piperidine rings is 1. The first-order valence-corrected chi connectivity index (χ1v) is 10.0. The quantitative estimate of drug-likeness (QED) is 0.656. The summed E-state index contributed by atoms with van der Waals surface area (Å²) in [6.07, 6.45) is 4.99. The summed E-state index contributed by atoms with van der Waals surface area (Å²) < 4.78 is 5.20. The summed E-state index contributed by atoms with van der Waals surface area (Å²) in [7, 11) is 1.65. The molecule has 0 spiro atoms. The first kappa shape index (κ1) is 19.1. The zero-order valence-electron chi connectivity index (χ0n) is 16.7. The lowest BCUT2D eigenvalue weighted by atomic mass is 9.90. The van der Waals surface area contributed by atoms with Crippen molar-refractivity contribution in [3.63, 3.8) is 0 Å². The minimum absolute atomic E-state index is 0.588. The Hall–Kier alpha value is -3.28. The predicted molar refractivity (Wildman–Crippen MR) is 118 cm³/mol. The van der Waals surface area contributed by atoms with Crippen molar-refractivity contribution in [3.8, 4) is 5.75 Å². The SMILES string of the molecule is COc1ccc(Nc2ncnc(N3CCC(Cc4ccccc4)CC3)c2N)cc1. The van der Waals surface area contributed by atoms with E-state index in [1.807, 2.05) is 24.3 Å². The van der Waals surface area contributed by atoms with Gasteiger partial charge in [-0.25, -0.2) is 9.97 Å². The van der Waals surface area contributed by atoms with Crippen LogP contribution in [0.15, 0.2) is 60.9 Å². The minimum atomic E-state index is 0.588. The molecule has 2 heterocycles. The zero-order valence-corrected chi connectivity index (χ0v) is 16.7. The van der Waals surface area contributed by atoms with E-state index in [4.69, 9.17) is 10.5 Å². The molecule has 6 nitrogen and oxygen atoms in total. The van der Waals surface area contributed by atoms with Gasteiger partial charge in [-0.3, -0.25) is 0 Å². The normalized spacial score (nSPS) is 14.6. The summed E-state index contributed by atoms with van der Waals surface area (Å²) in [4.78, 5) is 11.1. The monoisotopic (exact) mass is 389 g/mol. The molecule has 0 bridgehead atoms. The molecule has 1 fully saturated rings. The van der Waals surface area contributed by atoms with Crippen molar-refractivity contribution in [3.05, 3.63) is 66.5 Å². The van der Waals surface area contributed by atoms with Crippen LogP contribution in [0.3, 0.4) is 0 Å². The van der Waals surface area contributed by atoms with Gasteiger partial charge in [0.05, 0.1) is 7.11 Å². The molecule has 0 amide bonds. The molecule has 0 radical (unpaired) electrons. The fourth-order valence-electron chi connectivity index (χ4n) is 3.85. The van der Waals surface area contributed by atoms with Crippen molar-refractivity contribution < 1.29 is 4.74 Å². The Morgan fingerprint density at radius 2 is 1.76 bits per heavy atom. The number of rotatable bonds is 6. The van der Waals surface area contributed by atoms with Crippen molar-refractivity contribution in [1.29, 1.82) is 0 Å². The van der Waals surface area contributed by atoms with Gasteiger partial charge in [0, 0.05) is 18.8 Å². The van der Waals surface area contributed by atoms with E-state index in [0.29, 0.717) is 17.4 Å². The third-order valence-corrected chi connectivity index (χ3v) is 5.50. The summed E-state index contributed by atoms with van der Waals surface area (Å²) in [5, 5.41) is 3.29. The molecule has 0 unspecified atom stereocenters. The number of aromatic nitrogens is 2. The summed E-state index contributed by atoms with van der Waals surface area (Å²) in [6, 6.07) is 18.4. The fourth-order valence-corrected chi connectivity index (χ4v) is 3.85. The van der Waals surface area contributed by atoms with Gasteiger partial charge in [-0.15, -0.1) is 0 Å². The summed E-state index contributed by atoms with van der Waals surface area (Å²) in [5.74, 6) is 2.96. The van der Waals surface area contributed by atoms with Crippen molar-refractivity contribution in [1.82, 2.24) is 9.97 Å². The van der Waals surface area contributed by atoms with E-state index in [2.05, 4.69) is 50.5 Å². The van der Waals surface area contributed by atoms with Crippen molar-refractivity contribution >= 4 is 23.0 Å². The van der Waals surface area contributed by atoms with Gasteiger partial charge in [-0.1, -0.05) is 30.3 Å². The van der Waals surface area contributed by atoms with Crippen LogP contribution in [0.2, 0.25) is 0 Å². The maximum absolute atomic E-state index is 6.42. The molecule has 0 aliphatic carbocycles. The number of nitrogen functional groups attached to an aromatic ring is 1. The van der Waals surface area contributed by atoms with E-state index in [1.165, 1.54) is 5.56 Å². The number of nitrogens with one attached hydrogen (secondary N) is 1. The van der Waals surface area contributed by atoms with Gasteiger partial charge in [0.2, 0.25) is 0 Å². The Bertz CT molecular complexity index is 922. The molecule has 3 aromatic rings. The van der Waals surface area contributed by atoms with Crippen molar-refractivity contribution in [2.45, 2.75) is 19.3 Å². The van der Waals surface area contributed by atoms with E-state index < -0.39 is 0 Å². The maximum Gasteiger partial charge on any atom is 0.159 e. The van der Waals surface area contributed by atoms with Gasteiger partial charge in [0.25, 0.3) is 0 Å². The molecule has 2 aromatic carbocycles. The second-order valence-corrected chi connectivity index (χ2v) is 7.43. The Kier molecular flexibility index (Phi) is 5.79. The summed E-state index contributed by atoms with van der Waals surface area (Å²) in [6.45, 7) is 1.92. The van der Waals surface area contributed by atoms with Crippen molar-refractivity contribution in [2.24, 2.45) is 5.92 Å². The van der Waals surface area contributed by atoms with Crippen LogP contribution in [0.25, 0.3) is 0 Å². The number of ether oxygens (including phenoxy) is 1. The summed E-state index contributed by atoms with van der Waals surface area (Å²) >= 11 is 0. The molecule has 0 saturated carbocycles. The predicted octanol–water partition coefficient (Wildman–Crippen LogP) is 4.27. The molecule has 1 saturated heterocycles. The Morgan fingerprint density at radius 1 is 1.03 bits per heavy atom. The van der Waals surface area contributed by atoms with E-state index >= 15 is 0 Å². The molecule has 1 aromatic heterocycles. The lowest BCUT2D eigenvalue weighted by Gasteiger charge is -2.33. The van der Waals surface area contributed by atoms with Crippen LogP contribution in [-0.4, -0.2) is 30.2 Å². The number of hydrogen-bond donors (Lipinski definition) is 2. The highest BCUT2D eigenvalue weighted by Gasteiger charge is 2.23. The van der Waals surface area contributed by atoms with Crippen molar-refractivity contribution in [2.75, 3.05) is 36.1 Å². The number of nitrogens with zero attached hydrogens (tertiary/aromatic N) is 3. The van der Waals surface area contributed by atoms with Gasteiger partial charge in [-0.2, -0.15) is 0 Å². The average molecular weight is 390 g/mol. The molecule has 0 atom stereocenters. The molecule has 4 rings (SSSR count). The Balaban J connectivity index is 1.41. The first-order valence-electron chi connectivity index (χ1n) is 10.0. The maximum atomic E-state index is 6.42. The van der Waals surface area contributed by atoms with E-state index in [-0.39, 0.29) is 0 Å². The van der Waals surface area contributed by atoms with Gasteiger partial charge < -0.3 is 20.7 Å². The standard InChI is InChI=1S/C23H27N5O/c1-29-20-9-7-19(8-10-20)27-22-21(24)23(26-16-25-22)28-13-11-18(12-14-28)15-17-5-3-2-4-6-17/h2-10,16,18H,11-15,24H2,1H3,(H,25,26,27). The highest BCUT2D eigenvalue weighted by atomic mass is 16.5. The number of hydrogen-bond acceptors (Lipinski definition) is 6. The fraction of sp³-hybridized carbons (Fsp3) is 0.304. The van der Waals surface area contributed by atoms with Crippen LogP contribution in [0.5, 0.6) is 5.75 Å². The highest BCUT2D eigenvalue weighted by Crippen LogP contribution is 2.32. The van der Waals surface area contributed by atoms with Crippen LogP contribution in [0.1, 0.15) is 18.4 Å². The molecule has 150 valence electrons. The van der Waals surface area contributed by atoms with Gasteiger partial charge in [0.15, 0.2) is 11.6 Å². The lowest BCUT2D eigenvalue weighted by Crippen LogP contribution is -2.35. The molecule has 6 heteroatoms. The second-order valence-electron chi connectivity index (χ2n) is 7.43. The smallest absolute Gasteiger partial charge is 0.159 e. The Morgan fingerprint density at radius 3 is 2.45 bits per heavy atom. The second kappa shape index (κ2) is 8.82. The molecule has 1 aliphatic heterocycles. The lowest BCUT2D eigenvalue weighted by molar-refractivity contribution is 0.402. The van der Waals surface area contributed by atoms with Gasteiger partial charge in [-0.05, 0) is 55.0 Å². The molecular weight excluding hydrogens is 362 g/mol. The average Bonchev–Trinajstić information content (AvgIpc) is 2.77. The zero-order chi connectivity index (χ0) is 20.1. The van der Waals surface area contributed by atoms with Gasteiger partial charge in [0.1, 0.15) is 17.8 Å². The van der Waals surface area contributed by atoms with Crippen LogP contribution in [-0.2, 0) is 6.42 Å². The molecule has 3 N–H and O–H groups in total. The van der Waals surface area contributed by atoms with Crippen LogP contribution < -0.4 is 20.7 Å². The largest absolute Gasteiger partial charge is 0.497 e. The summed E-state index contributed by atoms with van der Waals surface area (Å²) in [5.41, 5.74) is 9.33. The number of nitrogens with two attached hydrogens (primary N) is 1. The van der Waals surface area contributed by atoms with E-state index in [1.54, 1.807) is 13.4 Å². The number of anilines is 4. The minimum Gasteiger partial charge on any atom is -0.497 e. The number of methoxy groups -OCH3 is 1. The van der Waals surface area contributed by atoms with Gasteiger partial charge >= 0.3 is 0 Å².